The zero-order chi connectivity index (χ0) is 14.8. The van der Waals surface area contributed by atoms with Crippen molar-refractivity contribution in [2.75, 3.05) is 13.2 Å². The third-order valence-electron chi connectivity index (χ3n) is 3.48. The van der Waals surface area contributed by atoms with Crippen LogP contribution in [0.1, 0.15) is 17.0 Å². The maximum absolute atomic E-state index is 7.61. The lowest BCUT2D eigenvalue weighted by Crippen LogP contribution is -2.17. The number of amidine groups is 1. The summed E-state index contributed by atoms with van der Waals surface area (Å²) in [5.74, 6) is 1.50. The summed E-state index contributed by atoms with van der Waals surface area (Å²) < 4.78 is 11.5. The fourth-order valence-corrected chi connectivity index (χ4v) is 2.71. The molecule has 0 amide bonds. The lowest BCUT2D eigenvalue weighted by Gasteiger charge is -2.14. The second kappa shape index (κ2) is 5.66. The Kier molecular flexibility index (Phi) is 3.71. The molecular formula is C16H15ClN2O2. The molecular weight excluding hydrogens is 288 g/mol. The number of para-hydroxylation sites is 1. The van der Waals surface area contributed by atoms with Crippen molar-refractivity contribution in [3.8, 4) is 11.5 Å². The molecule has 2 aromatic rings. The van der Waals surface area contributed by atoms with E-state index in [0.29, 0.717) is 29.5 Å². The number of nitrogen functional groups attached to an aromatic ring is 1. The number of ether oxygens (including phenoxy) is 2. The highest BCUT2D eigenvalue weighted by atomic mass is 35.5. The van der Waals surface area contributed by atoms with Gasteiger partial charge in [0.05, 0.1) is 29.7 Å². The van der Waals surface area contributed by atoms with E-state index in [2.05, 4.69) is 0 Å². The monoisotopic (exact) mass is 302 g/mol. The summed E-state index contributed by atoms with van der Waals surface area (Å²) in [5, 5.41) is 8.03. The van der Waals surface area contributed by atoms with Crippen molar-refractivity contribution >= 4 is 17.4 Å². The summed E-state index contributed by atoms with van der Waals surface area (Å²) in [6.45, 7) is 1.05. The predicted molar refractivity (Wildman–Crippen MR) is 82.6 cm³/mol. The van der Waals surface area contributed by atoms with E-state index >= 15 is 0 Å². The van der Waals surface area contributed by atoms with Crippen LogP contribution in [0.5, 0.6) is 11.5 Å². The van der Waals surface area contributed by atoms with Gasteiger partial charge in [-0.1, -0.05) is 35.9 Å². The molecule has 1 aliphatic heterocycles. The van der Waals surface area contributed by atoms with Crippen LogP contribution in [0.3, 0.4) is 0 Å². The lowest BCUT2D eigenvalue weighted by atomic mass is 10.0. The van der Waals surface area contributed by atoms with Gasteiger partial charge in [-0.05, 0) is 18.2 Å². The standard InChI is InChI=1S/C16H15ClN2O2/c17-12-5-3-7-14(15(12)16(18)19)21-9-10-8-20-13-6-2-1-4-11(10)13/h1-7,10H,8-9H2,(H3,18,19). The molecule has 1 heterocycles. The summed E-state index contributed by atoms with van der Waals surface area (Å²) in [6.07, 6.45) is 0. The quantitative estimate of drug-likeness (QED) is 0.673. The van der Waals surface area contributed by atoms with Crippen LogP contribution in [0.25, 0.3) is 0 Å². The van der Waals surface area contributed by atoms with Gasteiger partial charge in [-0.25, -0.2) is 0 Å². The molecule has 0 radical (unpaired) electrons. The summed E-state index contributed by atoms with van der Waals surface area (Å²) in [7, 11) is 0. The lowest BCUT2D eigenvalue weighted by molar-refractivity contribution is 0.248. The first-order chi connectivity index (χ1) is 10.2. The van der Waals surface area contributed by atoms with Crippen molar-refractivity contribution in [1.82, 2.24) is 0 Å². The Hall–Kier alpha value is -2.20. The third kappa shape index (κ3) is 2.67. The first-order valence-electron chi connectivity index (χ1n) is 6.64. The molecule has 1 aliphatic rings. The van der Waals surface area contributed by atoms with Crippen LogP contribution in [-0.2, 0) is 0 Å². The van der Waals surface area contributed by atoms with E-state index in [1.165, 1.54) is 0 Å². The van der Waals surface area contributed by atoms with Gasteiger partial charge in [-0.2, -0.15) is 0 Å². The Morgan fingerprint density at radius 1 is 1.29 bits per heavy atom. The highest BCUT2D eigenvalue weighted by Gasteiger charge is 2.24. The average Bonchev–Trinajstić information content (AvgIpc) is 2.88. The Morgan fingerprint density at radius 3 is 2.90 bits per heavy atom. The maximum atomic E-state index is 7.61. The highest BCUT2D eigenvalue weighted by molar-refractivity contribution is 6.34. The summed E-state index contributed by atoms with van der Waals surface area (Å²) >= 11 is 6.08. The third-order valence-corrected chi connectivity index (χ3v) is 3.80. The summed E-state index contributed by atoms with van der Waals surface area (Å²) in [5.41, 5.74) is 7.15. The molecule has 0 saturated heterocycles. The zero-order valence-electron chi connectivity index (χ0n) is 11.3. The van der Waals surface area contributed by atoms with E-state index in [-0.39, 0.29) is 11.8 Å². The fraction of sp³-hybridized carbons (Fsp3) is 0.188. The van der Waals surface area contributed by atoms with E-state index < -0.39 is 0 Å². The topological polar surface area (TPSA) is 68.3 Å². The van der Waals surface area contributed by atoms with Gasteiger partial charge in [0.25, 0.3) is 0 Å². The van der Waals surface area contributed by atoms with E-state index in [4.69, 9.17) is 32.2 Å². The molecule has 4 nitrogen and oxygen atoms in total. The second-order valence-electron chi connectivity index (χ2n) is 4.88. The largest absolute Gasteiger partial charge is 0.493 e. The Balaban J connectivity index is 1.78. The first kappa shape index (κ1) is 13.8. The van der Waals surface area contributed by atoms with Gasteiger partial charge in [0.2, 0.25) is 0 Å². The molecule has 0 saturated carbocycles. The van der Waals surface area contributed by atoms with Crippen molar-refractivity contribution < 1.29 is 9.47 Å². The minimum atomic E-state index is -0.0985. The molecule has 1 atom stereocenters. The number of hydrogen-bond donors (Lipinski definition) is 2. The SMILES string of the molecule is N=C(N)c1c(Cl)cccc1OCC1COc2ccccc21. The minimum absolute atomic E-state index is 0.0985. The molecule has 5 heteroatoms. The molecule has 0 aliphatic carbocycles. The average molecular weight is 303 g/mol. The molecule has 0 aromatic heterocycles. The molecule has 3 N–H and O–H groups in total. The van der Waals surface area contributed by atoms with Gasteiger partial charge >= 0.3 is 0 Å². The minimum Gasteiger partial charge on any atom is -0.493 e. The Morgan fingerprint density at radius 2 is 2.10 bits per heavy atom. The molecule has 21 heavy (non-hydrogen) atoms. The molecule has 2 aromatic carbocycles. The predicted octanol–water partition coefficient (Wildman–Crippen LogP) is 3.18. The van der Waals surface area contributed by atoms with E-state index in [0.717, 1.165) is 11.3 Å². The van der Waals surface area contributed by atoms with Crippen molar-refractivity contribution in [3.05, 3.63) is 58.6 Å². The van der Waals surface area contributed by atoms with Crippen LogP contribution in [0.4, 0.5) is 0 Å². The number of rotatable bonds is 4. The summed E-state index contributed by atoms with van der Waals surface area (Å²) in [6, 6.07) is 13.2. The number of benzene rings is 2. The van der Waals surface area contributed by atoms with Crippen molar-refractivity contribution in [1.29, 1.82) is 5.41 Å². The van der Waals surface area contributed by atoms with Crippen LogP contribution in [0.2, 0.25) is 5.02 Å². The molecule has 1 unspecified atom stereocenters. The maximum Gasteiger partial charge on any atom is 0.131 e. The van der Waals surface area contributed by atoms with Gasteiger partial charge in [-0.3, -0.25) is 5.41 Å². The smallest absolute Gasteiger partial charge is 0.131 e. The Bertz CT molecular complexity index is 688. The number of nitrogens with two attached hydrogens (primary N) is 1. The van der Waals surface area contributed by atoms with E-state index in [9.17, 15) is 0 Å². The molecule has 108 valence electrons. The van der Waals surface area contributed by atoms with Crippen LogP contribution in [-0.4, -0.2) is 19.0 Å². The van der Waals surface area contributed by atoms with Gasteiger partial charge in [0.1, 0.15) is 17.3 Å². The van der Waals surface area contributed by atoms with Crippen molar-refractivity contribution in [2.24, 2.45) is 5.73 Å². The first-order valence-corrected chi connectivity index (χ1v) is 7.02. The number of halogens is 1. The van der Waals surface area contributed by atoms with Gasteiger partial charge in [0.15, 0.2) is 0 Å². The number of nitrogens with one attached hydrogen (secondary N) is 1. The van der Waals surface area contributed by atoms with Crippen LogP contribution in [0.15, 0.2) is 42.5 Å². The summed E-state index contributed by atoms with van der Waals surface area (Å²) in [4.78, 5) is 0. The normalized spacial score (nSPS) is 16.1. The van der Waals surface area contributed by atoms with Crippen LogP contribution < -0.4 is 15.2 Å². The second-order valence-corrected chi connectivity index (χ2v) is 5.29. The number of hydrogen-bond acceptors (Lipinski definition) is 3. The highest BCUT2D eigenvalue weighted by Crippen LogP contribution is 2.34. The van der Waals surface area contributed by atoms with Crippen molar-refractivity contribution in [3.63, 3.8) is 0 Å². The molecule has 3 rings (SSSR count). The Labute approximate surface area is 127 Å². The van der Waals surface area contributed by atoms with Gasteiger partial charge in [-0.15, -0.1) is 0 Å². The van der Waals surface area contributed by atoms with Gasteiger partial charge in [0, 0.05) is 5.56 Å². The van der Waals surface area contributed by atoms with E-state index in [1.54, 1.807) is 18.2 Å². The molecule has 0 spiro atoms. The van der Waals surface area contributed by atoms with Crippen LogP contribution in [0, 0.1) is 5.41 Å². The number of fused-ring (bicyclic) bond motifs is 1. The van der Waals surface area contributed by atoms with E-state index in [1.807, 2.05) is 24.3 Å². The van der Waals surface area contributed by atoms with Crippen LogP contribution >= 0.6 is 11.6 Å². The van der Waals surface area contributed by atoms with Crippen molar-refractivity contribution in [2.45, 2.75) is 5.92 Å². The van der Waals surface area contributed by atoms with Gasteiger partial charge < -0.3 is 15.2 Å². The fourth-order valence-electron chi connectivity index (χ4n) is 2.44. The molecule has 0 fully saturated rings. The zero-order valence-corrected chi connectivity index (χ0v) is 12.1. The molecule has 0 bridgehead atoms.